The summed E-state index contributed by atoms with van der Waals surface area (Å²) in [6, 6.07) is 5.47. The van der Waals surface area contributed by atoms with Crippen LogP contribution in [-0.2, 0) is 6.54 Å². The lowest BCUT2D eigenvalue weighted by molar-refractivity contribution is 0.219. The van der Waals surface area contributed by atoms with Gasteiger partial charge in [0.2, 0.25) is 0 Å². The van der Waals surface area contributed by atoms with Crippen LogP contribution in [0.15, 0.2) is 18.2 Å². The van der Waals surface area contributed by atoms with Gasteiger partial charge in [-0.25, -0.2) is 0 Å². The van der Waals surface area contributed by atoms with E-state index in [9.17, 15) is 5.11 Å². The Labute approximate surface area is 103 Å². The number of phenolic OH excluding ortho intramolecular Hbond substituents is 1. The molecule has 0 bridgehead atoms. The Morgan fingerprint density at radius 1 is 1.31 bits per heavy atom. The molecule has 90 valence electrons. The van der Waals surface area contributed by atoms with Crippen LogP contribution < -0.4 is 0 Å². The van der Waals surface area contributed by atoms with Gasteiger partial charge in [-0.05, 0) is 18.5 Å². The van der Waals surface area contributed by atoms with E-state index in [0.717, 1.165) is 12.1 Å². The van der Waals surface area contributed by atoms with Gasteiger partial charge in [0.1, 0.15) is 5.75 Å². The van der Waals surface area contributed by atoms with Gasteiger partial charge in [-0.3, -0.25) is 0 Å². The Hall–Kier alpha value is -0.730. The summed E-state index contributed by atoms with van der Waals surface area (Å²) in [5.74, 6) is 0.199. The fourth-order valence-electron chi connectivity index (χ4n) is 1.84. The minimum atomic E-state index is 0.199. The van der Waals surface area contributed by atoms with E-state index in [1.807, 2.05) is 19.2 Å². The van der Waals surface area contributed by atoms with E-state index in [1.165, 1.54) is 0 Å². The molecule has 0 heterocycles. The van der Waals surface area contributed by atoms with E-state index in [4.69, 9.17) is 11.6 Å². The van der Waals surface area contributed by atoms with E-state index < -0.39 is 0 Å². The topological polar surface area (TPSA) is 23.5 Å². The molecule has 16 heavy (non-hydrogen) atoms. The van der Waals surface area contributed by atoms with Gasteiger partial charge in [-0.2, -0.15) is 0 Å². The molecule has 1 aromatic carbocycles. The van der Waals surface area contributed by atoms with Crippen molar-refractivity contribution in [3.8, 4) is 5.75 Å². The van der Waals surface area contributed by atoms with E-state index in [2.05, 4.69) is 25.7 Å². The molecular formula is C13H20ClNO. The maximum absolute atomic E-state index is 9.79. The van der Waals surface area contributed by atoms with Crippen LogP contribution in [0.25, 0.3) is 0 Å². The molecule has 0 unspecified atom stereocenters. The second kappa shape index (κ2) is 5.07. The molecule has 0 fully saturated rings. The number of phenols is 1. The second-order valence-corrected chi connectivity index (χ2v) is 5.89. The lowest BCUT2D eigenvalue weighted by Gasteiger charge is -2.26. The van der Waals surface area contributed by atoms with E-state index in [0.29, 0.717) is 11.6 Å². The first-order valence-corrected chi connectivity index (χ1v) is 5.82. The standard InChI is InChI=1S/C13H20ClNO/c1-13(2,3)9-15(4)8-10-6-5-7-11(14)12(10)16/h5-7,16H,8-9H2,1-4H3. The molecule has 0 saturated heterocycles. The van der Waals surface area contributed by atoms with Crippen molar-refractivity contribution in [1.29, 1.82) is 0 Å². The molecule has 1 rings (SSSR count). The predicted molar refractivity (Wildman–Crippen MR) is 68.9 cm³/mol. The zero-order valence-corrected chi connectivity index (χ0v) is 11.2. The third-order valence-electron chi connectivity index (χ3n) is 2.25. The predicted octanol–water partition coefficient (Wildman–Crippen LogP) is 3.52. The van der Waals surface area contributed by atoms with Crippen LogP contribution in [0.4, 0.5) is 0 Å². The molecular weight excluding hydrogens is 222 g/mol. The van der Waals surface area contributed by atoms with Crippen LogP contribution in [0.3, 0.4) is 0 Å². The van der Waals surface area contributed by atoms with E-state index >= 15 is 0 Å². The highest BCUT2D eigenvalue weighted by Gasteiger charge is 2.15. The SMILES string of the molecule is CN(Cc1cccc(Cl)c1O)CC(C)(C)C. The first-order chi connectivity index (χ1) is 7.29. The van der Waals surface area contributed by atoms with Crippen LogP contribution in [0.2, 0.25) is 5.02 Å². The maximum atomic E-state index is 9.79. The molecule has 1 N–H and O–H groups in total. The fraction of sp³-hybridized carbons (Fsp3) is 0.538. The van der Waals surface area contributed by atoms with Crippen molar-refractivity contribution in [3.63, 3.8) is 0 Å². The van der Waals surface area contributed by atoms with E-state index in [1.54, 1.807) is 6.07 Å². The lowest BCUT2D eigenvalue weighted by atomic mass is 9.96. The van der Waals surface area contributed by atoms with Gasteiger partial charge < -0.3 is 10.0 Å². The van der Waals surface area contributed by atoms with Crippen molar-refractivity contribution in [2.24, 2.45) is 5.41 Å². The Balaban J connectivity index is 2.70. The highest BCUT2D eigenvalue weighted by atomic mass is 35.5. The quantitative estimate of drug-likeness (QED) is 0.875. The molecule has 0 spiro atoms. The van der Waals surface area contributed by atoms with Crippen molar-refractivity contribution in [1.82, 2.24) is 4.90 Å². The highest BCUT2D eigenvalue weighted by molar-refractivity contribution is 6.32. The number of hydrogen-bond donors (Lipinski definition) is 1. The normalized spacial score (nSPS) is 12.1. The third kappa shape index (κ3) is 4.03. The first-order valence-electron chi connectivity index (χ1n) is 5.44. The summed E-state index contributed by atoms with van der Waals surface area (Å²) < 4.78 is 0. The number of nitrogens with zero attached hydrogens (tertiary/aromatic N) is 1. The van der Waals surface area contributed by atoms with Crippen LogP contribution in [0.1, 0.15) is 26.3 Å². The summed E-state index contributed by atoms with van der Waals surface area (Å²) in [6.45, 7) is 8.27. The van der Waals surface area contributed by atoms with Crippen LogP contribution in [-0.4, -0.2) is 23.6 Å². The van der Waals surface area contributed by atoms with Crippen molar-refractivity contribution in [3.05, 3.63) is 28.8 Å². The van der Waals surface area contributed by atoms with Crippen molar-refractivity contribution >= 4 is 11.6 Å². The average Bonchev–Trinajstić information content (AvgIpc) is 2.09. The van der Waals surface area contributed by atoms with Gasteiger partial charge in [0.15, 0.2) is 0 Å². The van der Waals surface area contributed by atoms with Crippen molar-refractivity contribution in [2.75, 3.05) is 13.6 Å². The van der Waals surface area contributed by atoms with Crippen LogP contribution in [0, 0.1) is 5.41 Å². The van der Waals surface area contributed by atoms with Gasteiger partial charge in [-0.15, -0.1) is 0 Å². The number of halogens is 1. The summed E-state index contributed by atoms with van der Waals surface area (Å²) in [7, 11) is 2.05. The first kappa shape index (κ1) is 13.3. The number of para-hydroxylation sites is 1. The number of rotatable bonds is 3. The van der Waals surface area contributed by atoms with Crippen molar-refractivity contribution < 1.29 is 5.11 Å². The minimum Gasteiger partial charge on any atom is -0.506 e. The molecule has 0 radical (unpaired) electrons. The summed E-state index contributed by atoms with van der Waals surface area (Å²) in [4.78, 5) is 2.19. The van der Waals surface area contributed by atoms with E-state index in [-0.39, 0.29) is 11.2 Å². The van der Waals surface area contributed by atoms with Gasteiger partial charge >= 0.3 is 0 Å². The van der Waals surface area contributed by atoms with Crippen LogP contribution in [0.5, 0.6) is 5.75 Å². The van der Waals surface area contributed by atoms with Gasteiger partial charge in [0.25, 0.3) is 0 Å². The van der Waals surface area contributed by atoms with Crippen LogP contribution >= 0.6 is 11.6 Å². The molecule has 2 nitrogen and oxygen atoms in total. The van der Waals surface area contributed by atoms with Crippen molar-refractivity contribution in [2.45, 2.75) is 27.3 Å². The molecule has 0 aliphatic rings. The number of aromatic hydroxyl groups is 1. The van der Waals surface area contributed by atoms with Gasteiger partial charge in [0.05, 0.1) is 5.02 Å². The zero-order valence-electron chi connectivity index (χ0n) is 10.4. The smallest absolute Gasteiger partial charge is 0.138 e. The summed E-state index contributed by atoms with van der Waals surface area (Å²) in [6.07, 6.45) is 0. The van der Waals surface area contributed by atoms with Gasteiger partial charge in [-0.1, -0.05) is 44.5 Å². The van der Waals surface area contributed by atoms with Gasteiger partial charge in [0, 0.05) is 18.7 Å². The lowest BCUT2D eigenvalue weighted by Crippen LogP contribution is -2.28. The molecule has 0 aliphatic heterocycles. The molecule has 0 atom stereocenters. The third-order valence-corrected chi connectivity index (χ3v) is 2.56. The number of hydrogen-bond acceptors (Lipinski definition) is 2. The summed E-state index contributed by atoms with van der Waals surface area (Å²) in [5.41, 5.74) is 1.13. The maximum Gasteiger partial charge on any atom is 0.138 e. The summed E-state index contributed by atoms with van der Waals surface area (Å²) >= 11 is 5.86. The average molecular weight is 242 g/mol. The Morgan fingerprint density at radius 3 is 2.50 bits per heavy atom. The zero-order chi connectivity index (χ0) is 12.3. The molecule has 1 aromatic rings. The Kier molecular flexibility index (Phi) is 4.22. The summed E-state index contributed by atoms with van der Waals surface area (Å²) in [5, 5.41) is 10.2. The molecule has 0 saturated carbocycles. The molecule has 0 aliphatic carbocycles. The Bertz CT molecular complexity index is 357. The largest absolute Gasteiger partial charge is 0.506 e. The fourth-order valence-corrected chi connectivity index (χ4v) is 2.04. The molecule has 0 aromatic heterocycles. The Morgan fingerprint density at radius 2 is 1.94 bits per heavy atom. The molecule has 0 amide bonds. The number of benzene rings is 1. The monoisotopic (exact) mass is 241 g/mol. The second-order valence-electron chi connectivity index (χ2n) is 5.48. The molecule has 3 heteroatoms. The highest BCUT2D eigenvalue weighted by Crippen LogP contribution is 2.28. The minimum absolute atomic E-state index is 0.199.